The normalized spacial score (nSPS) is 18.0. The number of piperidine rings is 1. The number of halogens is 1. The summed E-state index contributed by atoms with van der Waals surface area (Å²) in [5.74, 6) is -2.75. The SMILES string of the molecule is NC(=O)C(S)[C@@H](C[C@@H]1CCCNC1=O)NC(=O)[C@H](Cc1ccc(F)cc1)NC(=O)c1ccccc1. The van der Waals surface area contributed by atoms with E-state index in [1.807, 2.05) is 0 Å². The van der Waals surface area contributed by atoms with Gasteiger partial charge in [-0.3, -0.25) is 19.2 Å². The average Bonchev–Trinajstić information content (AvgIpc) is 2.85. The Bertz CT molecular complexity index is 1050. The molecule has 5 N–H and O–H groups in total. The second kappa shape index (κ2) is 12.3. The van der Waals surface area contributed by atoms with Crippen molar-refractivity contribution in [1.82, 2.24) is 16.0 Å². The highest BCUT2D eigenvalue weighted by Crippen LogP contribution is 2.21. The van der Waals surface area contributed by atoms with Crippen LogP contribution in [0.1, 0.15) is 35.2 Å². The Kier molecular flexibility index (Phi) is 9.25. The van der Waals surface area contributed by atoms with Gasteiger partial charge < -0.3 is 21.7 Å². The van der Waals surface area contributed by atoms with Crippen LogP contribution >= 0.6 is 12.6 Å². The van der Waals surface area contributed by atoms with Gasteiger partial charge in [-0.15, -0.1) is 0 Å². The van der Waals surface area contributed by atoms with Crippen LogP contribution in [-0.4, -0.2) is 47.5 Å². The Balaban J connectivity index is 1.80. The van der Waals surface area contributed by atoms with Crippen LogP contribution in [0.5, 0.6) is 0 Å². The largest absolute Gasteiger partial charge is 0.369 e. The molecule has 0 radical (unpaired) electrons. The molecule has 0 aromatic heterocycles. The maximum Gasteiger partial charge on any atom is 0.251 e. The van der Waals surface area contributed by atoms with E-state index in [0.717, 1.165) is 6.42 Å². The third-order valence-electron chi connectivity index (χ3n) is 5.95. The molecule has 2 aromatic carbocycles. The fourth-order valence-corrected chi connectivity index (χ4v) is 4.21. The van der Waals surface area contributed by atoms with Gasteiger partial charge in [-0.1, -0.05) is 30.3 Å². The van der Waals surface area contributed by atoms with Crippen molar-refractivity contribution in [3.05, 3.63) is 71.5 Å². The number of rotatable bonds is 10. The quantitative estimate of drug-likeness (QED) is 0.315. The molecule has 10 heteroatoms. The van der Waals surface area contributed by atoms with Crippen LogP contribution in [-0.2, 0) is 20.8 Å². The molecule has 0 spiro atoms. The highest BCUT2D eigenvalue weighted by atomic mass is 32.1. The van der Waals surface area contributed by atoms with Crippen LogP contribution < -0.4 is 21.7 Å². The van der Waals surface area contributed by atoms with Crippen molar-refractivity contribution in [2.24, 2.45) is 11.7 Å². The van der Waals surface area contributed by atoms with Gasteiger partial charge in [0, 0.05) is 24.4 Å². The first-order valence-corrected chi connectivity index (χ1v) is 11.9. The number of benzene rings is 2. The number of amides is 4. The molecule has 2 aromatic rings. The smallest absolute Gasteiger partial charge is 0.251 e. The van der Waals surface area contributed by atoms with E-state index in [1.165, 1.54) is 24.3 Å². The number of nitrogens with one attached hydrogen (secondary N) is 3. The maximum atomic E-state index is 13.4. The fourth-order valence-electron chi connectivity index (χ4n) is 4.01. The number of hydrogen-bond donors (Lipinski definition) is 5. The molecule has 3 rings (SSSR count). The summed E-state index contributed by atoms with van der Waals surface area (Å²) in [4.78, 5) is 50.3. The molecular formula is C25H29FN4O4S. The van der Waals surface area contributed by atoms with Crippen LogP contribution in [0.4, 0.5) is 4.39 Å². The van der Waals surface area contributed by atoms with E-state index in [2.05, 4.69) is 28.6 Å². The maximum absolute atomic E-state index is 13.4. The number of primary amides is 1. The Labute approximate surface area is 208 Å². The third-order valence-corrected chi connectivity index (χ3v) is 6.56. The van der Waals surface area contributed by atoms with Crippen molar-refractivity contribution in [1.29, 1.82) is 0 Å². The minimum atomic E-state index is -1.04. The fraction of sp³-hybridized carbons (Fsp3) is 0.360. The number of hydrogen-bond acceptors (Lipinski definition) is 5. The second-order valence-corrected chi connectivity index (χ2v) is 9.11. The highest BCUT2D eigenvalue weighted by Gasteiger charge is 2.33. The van der Waals surface area contributed by atoms with Gasteiger partial charge in [0.2, 0.25) is 17.7 Å². The van der Waals surface area contributed by atoms with Crippen molar-refractivity contribution in [2.45, 2.75) is 43.0 Å². The third kappa shape index (κ3) is 7.54. The predicted molar refractivity (Wildman–Crippen MR) is 132 cm³/mol. The number of nitrogens with two attached hydrogens (primary N) is 1. The van der Waals surface area contributed by atoms with E-state index < -0.39 is 46.8 Å². The zero-order chi connectivity index (χ0) is 25.4. The molecule has 4 atom stereocenters. The van der Waals surface area contributed by atoms with Crippen molar-refractivity contribution >= 4 is 36.3 Å². The Morgan fingerprint density at radius 1 is 1.09 bits per heavy atom. The minimum absolute atomic E-state index is 0.0785. The first-order valence-electron chi connectivity index (χ1n) is 11.4. The van der Waals surface area contributed by atoms with Gasteiger partial charge in [-0.2, -0.15) is 12.6 Å². The summed E-state index contributed by atoms with van der Waals surface area (Å²) in [6.45, 7) is 0.581. The van der Waals surface area contributed by atoms with Gasteiger partial charge in [0.05, 0.1) is 6.04 Å². The average molecular weight is 501 g/mol. The number of carbonyl (C=O) groups excluding carboxylic acids is 4. The molecule has 4 amide bonds. The molecule has 0 bridgehead atoms. The molecule has 1 aliphatic heterocycles. The summed E-state index contributed by atoms with van der Waals surface area (Å²) in [5.41, 5.74) is 6.44. The molecule has 1 unspecified atom stereocenters. The summed E-state index contributed by atoms with van der Waals surface area (Å²) in [6.07, 6.45) is 1.64. The van der Waals surface area contributed by atoms with Crippen molar-refractivity contribution < 1.29 is 23.6 Å². The molecule has 1 saturated heterocycles. The van der Waals surface area contributed by atoms with Gasteiger partial charge in [0.25, 0.3) is 5.91 Å². The number of carbonyl (C=O) groups is 4. The van der Waals surface area contributed by atoms with Gasteiger partial charge in [0.1, 0.15) is 17.1 Å². The lowest BCUT2D eigenvalue weighted by molar-refractivity contribution is -0.129. The highest BCUT2D eigenvalue weighted by molar-refractivity contribution is 7.81. The van der Waals surface area contributed by atoms with Gasteiger partial charge in [-0.25, -0.2) is 4.39 Å². The van der Waals surface area contributed by atoms with Crippen LogP contribution in [0, 0.1) is 11.7 Å². The first-order chi connectivity index (χ1) is 16.7. The molecule has 186 valence electrons. The summed E-state index contributed by atoms with van der Waals surface area (Å²) in [6, 6.07) is 12.1. The lowest BCUT2D eigenvalue weighted by Gasteiger charge is -2.30. The summed E-state index contributed by atoms with van der Waals surface area (Å²) < 4.78 is 13.4. The zero-order valence-electron chi connectivity index (χ0n) is 19.1. The molecule has 35 heavy (non-hydrogen) atoms. The Morgan fingerprint density at radius 2 is 1.77 bits per heavy atom. The molecule has 8 nitrogen and oxygen atoms in total. The van der Waals surface area contributed by atoms with Crippen molar-refractivity contribution in [2.75, 3.05) is 6.54 Å². The van der Waals surface area contributed by atoms with Crippen molar-refractivity contribution in [3.63, 3.8) is 0 Å². The summed E-state index contributed by atoms with van der Waals surface area (Å²) in [5, 5.41) is 7.23. The van der Waals surface area contributed by atoms with Crippen LogP contribution in [0.25, 0.3) is 0 Å². The molecule has 1 aliphatic rings. The van der Waals surface area contributed by atoms with E-state index in [0.29, 0.717) is 24.1 Å². The monoisotopic (exact) mass is 500 g/mol. The van der Waals surface area contributed by atoms with E-state index in [-0.39, 0.29) is 18.7 Å². The van der Waals surface area contributed by atoms with Crippen LogP contribution in [0.15, 0.2) is 54.6 Å². The lowest BCUT2D eigenvalue weighted by Crippen LogP contribution is -2.55. The minimum Gasteiger partial charge on any atom is -0.369 e. The van der Waals surface area contributed by atoms with Crippen molar-refractivity contribution in [3.8, 4) is 0 Å². The summed E-state index contributed by atoms with van der Waals surface area (Å²) >= 11 is 4.28. The molecule has 1 heterocycles. The second-order valence-electron chi connectivity index (χ2n) is 8.55. The first kappa shape index (κ1) is 26.2. The van der Waals surface area contributed by atoms with Gasteiger partial charge in [0.15, 0.2) is 0 Å². The molecule has 1 fully saturated rings. The lowest BCUT2D eigenvalue weighted by atomic mass is 9.90. The zero-order valence-corrected chi connectivity index (χ0v) is 20.0. The Hall–Kier alpha value is -3.40. The van der Waals surface area contributed by atoms with E-state index in [1.54, 1.807) is 30.3 Å². The predicted octanol–water partition coefficient (Wildman–Crippen LogP) is 1.35. The van der Waals surface area contributed by atoms with Gasteiger partial charge in [-0.05, 0) is 49.1 Å². The van der Waals surface area contributed by atoms with E-state index in [9.17, 15) is 23.6 Å². The number of thiol groups is 1. The molecule has 0 saturated carbocycles. The van der Waals surface area contributed by atoms with E-state index in [4.69, 9.17) is 5.73 Å². The van der Waals surface area contributed by atoms with Crippen LogP contribution in [0.3, 0.4) is 0 Å². The Morgan fingerprint density at radius 3 is 2.40 bits per heavy atom. The van der Waals surface area contributed by atoms with E-state index >= 15 is 0 Å². The van der Waals surface area contributed by atoms with Gasteiger partial charge >= 0.3 is 0 Å². The summed E-state index contributed by atoms with van der Waals surface area (Å²) in [7, 11) is 0. The molecular weight excluding hydrogens is 471 g/mol. The molecule has 0 aliphatic carbocycles. The topological polar surface area (TPSA) is 130 Å². The standard InChI is InChI=1S/C25H29FN4O4S/c26-18-10-8-15(9-11-18)13-20(30-24(33)16-5-2-1-3-6-16)25(34)29-19(21(35)22(27)31)14-17-7-4-12-28-23(17)32/h1-3,5-6,8-11,17,19-21,35H,4,7,12-14H2,(H2,27,31)(H,28,32)(H,29,34)(H,30,33)/t17-,19+,20-,21?/m0/s1. The van der Waals surface area contributed by atoms with Crippen LogP contribution in [0.2, 0.25) is 0 Å².